The second-order valence-electron chi connectivity index (χ2n) is 5.72. The second kappa shape index (κ2) is 5.13. The van der Waals surface area contributed by atoms with Crippen LogP contribution in [0.15, 0.2) is 0 Å². The molecule has 0 fully saturated rings. The molecule has 0 aliphatic carbocycles. The lowest BCUT2D eigenvalue weighted by atomic mass is 9.86. The zero-order valence-corrected chi connectivity index (χ0v) is 10.9. The minimum absolute atomic E-state index is 0.297. The van der Waals surface area contributed by atoms with E-state index in [0.717, 1.165) is 19.5 Å². The van der Waals surface area contributed by atoms with Crippen LogP contribution < -0.4 is 5.73 Å². The van der Waals surface area contributed by atoms with Gasteiger partial charge in [0, 0.05) is 12.1 Å². The topological polar surface area (TPSA) is 29.3 Å². The van der Waals surface area contributed by atoms with E-state index in [0.29, 0.717) is 11.0 Å². The average molecular weight is 200 g/mol. The summed E-state index contributed by atoms with van der Waals surface area (Å²) in [5.74, 6) is 0. The summed E-state index contributed by atoms with van der Waals surface area (Å²) in [6.45, 7) is 13.3. The van der Waals surface area contributed by atoms with Gasteiger partial charge >= 0.3 is 0 Å². The minimum Gasteiger partial charge on any atom is -0.330 e. The Hall–Kier alpha value is -0.0800. The van der Waals surface area contributed by atoms with Crippen molar-refractivity contribution in [1.29, 1.82) is 0 Å². The highest BCUT2D eigenvalue weighted by Crippen LogP contribution is 2.25. The first-order valence-electron chi connectivity index (χ1n) is 5.66. The molecule has 0 aromatic carbocycles. The Labute approximate surface area is 89.9 Å². The maximum Gasteiger partial charge on any atom is 0.0147 e. The van der Waals surface area contributed by atoms with Crippen LogP contribution >= 0.6 is 0 Å². The molecule has 2 N–H and O–H groups in total. The summed E-state index contributed by atoms with van der Waals surface area (Å²) in [7, 11) is 2.21. The van der Waals surface area contributed by atoms with Gasteiger partial charge in [0.2, 0.25) is 0 Å². The standard InChI is InChI=1S/C12H28N2/c1-7-12(4,5)14(6)10-11(2,3)8-9-13/h7-10,13H2,1-6H3. The number of hydrogen-bond acceptors (Lipinski definition) is 2. The molecule has 2 heteroatoms. The van der Waals surface area contributed by atoms with Gasteiger partial charge in [-0.05, 0) is 45.7 Å². The van der Waals surface area contributed by atoms with Gasteiger partial charge in [0.1, 0.15) is 0 Å². The van der Waals surface area contributed by atoms with E-state index in [-0.39, 0.29) is 0 Å². The highest BCUT2D eigenvalue weighted by molar-refractivity contribution is 4.82. The average Bonchev–Trinajstić information content (AvgIpc) is 2.03. The minimum atomic E-state index is 0.297. The van der Waals surface area contributed by atoms with Crippen LogP contribution in [-0.4, -0.2) is 30.6 Å². The molecule has 0 radical (unpaired) electrons. The van der Waals surface area contributed by atoms with Crippen molar-refractivity contribution in [2.24, 2.45) is 11.1 Å². The summed E-state index contributed by atoms with van der Waals surface area (Å²) in [5.41, 5.74) is 6.24. The fourth-order valence-corrected chi connectivity index (χ4v) is 1.60. The quantitative estimate of drug-likeness (QED) is 0.714. The highest BCUT2D eigenvalue weighted by Gasteiger charge is 2.27. The fourth-order valence-electron chi connectivity index (χ4n) is 1.60. The molecule has 0 saturated heterocycles. The lowest BCUT2D eigenvalue weighted by Gasteiger charge is -2.40. The van der Waals surface area contributed by atoms with Crippen LogP contribution in [-0.2, 0) is 0 Å². The molecule has 0 aliphatic rings. The van der Waals surface area contributed by atoms with Crippen molar-refractivity contribution >= 4 is 0 Å². The molecule has 0 aromatic heterocycles. The normalized spacial score (nSPS) is 13.7. The van der Waals surface area contributed by atoms with E-state index in [9.17, 15) is 0 Å². The smallest absolute Gasteiger partial charge is 0.0147 e. The van der Waals surface area contributed by atoms with Crippen molar-refractivity contribution in [2.75, 3.05) is 20.1 Å². The molecule has 86 valence electrons. The van der Waals surface area contributed by atoms with Crippen LogP contribution in [0.3, 0.4) is 0 Å². The van der Waals surface area contributed by atoms with E-state index in [2.05, 4.69) is 46.6 Å². The summed E-state index contributed by atoms with van der Waals surface area (Å²) in [5, 5.41) is 0. The van der Waals surface area contributed by atoms with Crippen molar-refractivity contribution in [3.8, 4) is 0 Å². The van der Waals surface area contributed by atoms with Crippen molar-refractivity contribution in [2.45, 2.75) is 53.0 Å². The maximum atomic E-state index is 5.61. The highest BCUT2D eigenvalue weighted by atomic mass is 15.2. The second-order valence-corrected chi connectivity index (χ2v) is 5.72. The zero-order chi connectivity index (χ0) is 11.4. The van der Waals surface area contributed by atoms with Crippen molar-refractivity contribution < 1.29 is 0 Å². The Morgan fingerprint density at radius 1 is 1.14 bits per heavy atom. The predicted octanol–water partition coefficient (Wildman–Crippen LogP) is 2.48. The maximum absolute atomic E-state index is 5.61. The summed E-state index contributed by atoms with van der Waals surface area (Å²) in [6.07, 6.45) is 2.28. The van der Waals surface area contributed by atoms with Gasteiger partial charge in [-0.2, -0.15) is 0 Å². The molecule has 0 rings (SSSR count). The van der Waals surface area contributed by atoms with Crippen LogP contribution in [0, 0.1) is 5.41 Å². The molecule has 0 saturated carbocycles. The molecule has 0 aliphatic heterocycles. The molecule has 0 amide bonds. The van der Waals surface area contributed by atoms with Crippen LogP contribution in [0.2, 0.25) is 0 Å². The number of nitrogens with zero attached hydrogens (tertiary/aromatic N) is 1. The molecule has 0 spiro atoms. The van der Waals surface area contributed by atoms with Gasteiger partial charge in [-0.3, -0.25) is 0 Å². The van der Waals surface area contributed by atoms with Gasteiger partial charge in [0.15, 0.2) is 0 Å². The third-order valence-corrected chi connectivity index (χ3v) is 3.38. The Morgan fingerprint density at radius 3 is 2.00 bits per heavy atom. The molecule has 0 atom stereocenters. The molecule has 0 unspecified atom stereocenters. The number of hydrogen-bond donors (Lipinski definition) is 1. The van der Waals surface area contributed by atoms with Crippen molar-refractivity contribution in [3.63, 3.8) is 0 Å². The molecule has 2 nitrogen and oxygen atoms in total. The largest absolute Gasteiger partial charge is 0.330 e. The van der Waals surface area contributed by atoms with Crippen LogP contribution in [0.1, 0.15) is 47.5 Å². The Bertz CT molecular complexity index is 162. The van der Waals surface area contributed by atoms with Gasteiger partial charge in [0.25, 0.3) is 0 Å². The predicted molar refractivity (Wildman–Crippen MR) is 64.5 cm³/mol. The number of rotatable bonds is 6. The zero-order valence-electron chi connectivity index (χ0n) is 10.9. The summed E-state index contributed by atoms with van der Waals surface area (Å²) in [6, 6.07) is 0. The molecular formula is C12H28N2. The SMILES string of the molecule is CCC(C)(C)N(C)CC(C)(C)CCN. The van der Waals surface area contributed by atoms with Crippen LogP contribution in [0.5, 0.6) is 0 Å². The molecule has 14 heavy (non-hydrogen) atoms. The fraction of sp³-hybridized carbons (Fsp3) is 1.00. The first kappa shape index (κ1) is 13.9. The van der Waals surface area contributed by atoms with Gasteiger partial charge in [-0.25, -0.2) is 0 Å². The summed E-state index contributed by atoms with van der Waals surface area (Å²) >= 11 is 0. The van der Waals surface area contributed by atoms with Crippen LogP contribution in [0.4, 0.5) is 0 Å². The first-order valence-corrected chi connectivity index (χ1v) is 5.66. The monoisotopic (exact) mass is 200 g/mol. The van der Waals surface area contributed by atoms with Gasteiger partial charge in [-0.1, -0.05) is 20.8 Å². The first-order chi connectivity index (χ1) is 6.25. The van der Waals surface area contributed by atoms with E-state index in [4.69, 9.17) is 5.73 Å². The lowest BCUT2D eigenvalue weighted by molar-refractivity contribution is 0.0949. The number of nitrogens with two attached hydrogens (primary N) is 1. The Balaban J connectivity index is 4.23. The van der Waals surface area contributed by atoms with E-state index in [1.54, 1.807) is 0 Å². The third kappa shape index (κ3) is 4.43. The molecule has 0 heterocycles. The van der Waals surface area contributed by atoms with Gasteiger partial charge in [-0.15, -0.1) is 0 Å². The molecule has 0 aromatic rings. The van der Waals surface area contributed by atoms with Crippen molar-refractivity contribution in [3.05, 3.63) is 0 Å². The van der Waals surface area contributed by atoms with Crippen LogP contribution in [0.25, 0.3) is 0 Å². The van der Waals surface area contributed by atoms with E-state index in [1.807, 2.05) is 0 Å². The van der Waals surface area contributed by atoms with Crippen molar-refractivity contribution in [1.82, 2.24) is 4.90 Å². The van der Waals surface area contributed by atoms with E-state index in [1.165, 1.54) is 6.42 Å². The summed E-state index contributed by atoms with van der Waals surface area (Å²) in [4.78, 5) is 2.45. The lowest BCUT2D eigenvalue weighted by Crippen LogP contribution is -2.45. The van der Waals surface area contributed by atoms with E-state index < -0.39 is 0 Å². The Kier molecular flexibility index (Phi) is 5.10. The Morgan fingerprint density at radius 2 is 1.64 bits per heavy atom. The van der Waals surface area contributed by atoms with E-state index >= 15 is 0 Å². The van der Waals surface area contributed by atoms with Gasteiger partial charge in [0.05, 0.1) is 0 Å². The summed E-state index contributed by atoms with van der Waals surface area (Å²) < 4.78 is 0. The molecule has 0 bridgehead atoms. The molecular weight excluding hydrogens is 172 g/mol. The third-order valence-electron chi connectivity index (χ3n) is 3.38. The van der Waals surface area contributed by atoms with Gasteiger partial charge < -0.3 is 10.6 Å².